The number of hydrogen-bond acceptors (Lipinski definition) is 5. The second-order valence-corrected chi connectivity index (χ2v) is 7.52. The minimum absolute atomic E-state index is 0.0468. The van der Waals surface area contributed by atoms with Gasteiger partial charge in [0, 0.05) is 24.3 Å². The zero-order valence-electron chi connectivity index (χ0n) is 16.2. The summed E-state index contributed by atoms with van der Waals surface area (Å²) in [5.74, 6) is 1.87. The van der Waals surface area contributed by atoms with Gasteiger partial charge in [0.05, 0.1) is 12.6 Å². The maximum absolute atomic E-state index is 9.63. The van der Waals surface area contributed by atoms with Gasteiger partial charge in [-0.1, -0.05) is 45.0 Å². The van der Waals surface area contributed by atoms with Crippen LogP contribution in [0, 0.1) is 5.92 Å². The fourth-order valence-electron chi connectivity index (χ4n) is 3.45. The van der Waals surface area contributed by atoms with Crippen molar-refractivity contribution in [2.24, 2.45) is 5.92 Å². The van der Waals surface area contributed by atoms with E-state index in [0.717, 1.165) is 30.9 Å². The Kier molecular flexibility index (Phi) is 5.77. The lowest BCUT2D eigenvalue weighted by Gasteiger charge is -2.36. The van der Waals surface area contributed by atoms with Crippen molar-refractivity contribution in [3.8, 4) is 0 Å². The highest BCUT2D eigenvalue weighted by molar-refractivity contribution is 5.49. The minimum Gasteiger partial charge on any atom is -0.394 e. The number of nitrogens with zero attached hydrogens (tertiary/aromatic N) is 3. The normalized spacial score (nSPS) is 17.9. The lowest BCUT2D eigenvalue weighted by atomic mass is 9.95. The summed E-state index contributed by atoms with van der Waals surface area (Å²) < 4.78 is 0. The lowest BCUT2D eigenvalue weighted by Crippen LogP contribution is -2.39. The molecule has 0 spiro atoms. The molecule has 2 aromatic rings. The fourth-order valence-corrected chi connectivity index (χ4v) is 3.45. The van der Waals surface area contributed by atoms with Gasteiger partial charge in [-0.3, -0.25) is 0 Å². The molecular formula is C21H30N4O. The number of rotatable bonds is 6. The molecule has 1 aliphatic heterocycles. The van der Waals surface area contributed by atoms with Gasteiger partial charge in [-0.25, -0.2) is 4.98 Å². The molecule has 0 bridgehead atoms. The highest BCUT2D eigenvalue weighted by Crippen LogP contribution is 2.28. The van der Waals surface area contributed by atoms with Crippen molar-refractivity contribution < 1.29 is 5.11 Å². The third kappa shape index (κ3) is 3.98. The summed E-state index contributed by atoms with van der Waals surface area (Å²) >= 11 is 0. The van der Waals surface area contributed by atoms with E-state index in [-0.39, 0.29) is 12.6 Å². The zero-order valence-corrected chi connectivity index (χ0v) is 16.2. The molecule has 2 heterocycles. The first-order valence-corrected chi connectivity index (χ1v) is 9.60. The average Bonchev–Trinajstić information content (AvgIpc) is 2.64. The van der Waals surface area contributed by atoms with Gasteiger partial charge in [0.2, 0.25) is 5.95 Å². The van der Waals surface area contributed by atoms with Gasteiger partial charge in [-0.05, 0) is 36.8 Å². The van der Waals surface area contributed by atoms with Gasteiger partial charge in [0.15, 0.2) is 0 Å². The Labute approximate surface area is 156 Å². The third-order valence-corrected chi connectivity index (χ3v) is 5.24. The molecule has 0 saturated heterocycles. The first-order chi connectivity index (χ1) is 12.5. The van der Waals surface area contributed by atoms with E-state index in [1.807, 2.05) is 0 Å². The number of hydrogen-bond donors (Lipinski definition) is 2. The molecule has 5 nitrogen and oxygen atoms in total. The standard InChI is InChI=1S/C21H30N4O/c1-5-18-11-20(24-21(22-18)23-19(13-26)14(2)3)25-12-17-9-7-6-8-16(17)10-15(25)4/h6-9,11,14-15,19,26H,5,10,12-13H2,1-4H3,(H,22,23,24)/t15-,19+/m0/s1. The van der Waals surface area contributed by atoms with Crippen molar-refractivity contribution in [1.29, 1.82) is 0 Å². The number of aliphatic hydroxyl groups excluding tert-OH is 1. The Bertz CT molecular complexity index is 747. The monoisotopic (exact) mass is 354 g/mol. The van der Waals surface area contributed by atoms with Crippen molar-refractivity contribution >= 4 is 11.8 Å². The average molecular weight is 354 g/mol. The van der Waals surface area contributed by atoms with Crippen LogP contribution in [-0.2, 0) is 19.4 Å². The van der Waals surface area contributed by atoms with E-state index in [0.29, 0.717) is 17.9 Å². The van der Waals surface area contributed by atoms with Crippen LogP contribution < -0.4 is 10.2 Å². The number of aliphatic hydroxyl groups is 1. The number of nitrogens with one attached hydrogen (secondary N) is 1. The van der Waals surface area contributed by atoms with E-state index in [9.17, 15) is 5.11 Å². The molecule has 1 aromatic heterocycles. The Hall–Kier alpha value is -2.14. The molecule has 3 rings (SSSR count). The van der Waals surface area contributed by atoms with E-state index in [1.165, 1.54) is 11.1 Å². The van der Waals surface area contributed by atoms with Crippen molar-refractivity contribution in [2.45, 2.75) is 59.2 Å². The molecule has 5 heteroatoms. The number of aryl methyl sites for hydroxylation is 1. The summed E-state index contributed by atoms with van der Waals surface area (Å²) in [5.41, 5.74) is 3.82. The van der Waals surface area contributed by atoms with Crippen molar-refractivity contribution in [3.05, 3.63) is 47.2 Å². The summed E-state index contributed by atoms with van der Waals surface area (Å²) in [7, 11) is 0. The summed E-state index contributed by atoms with van der Waals surface area (Å²) in [6, 6.07) is 11.1. The first kappa shape index (κ1) is 18.6. The number of aromatic nitrogens is 2. The van der Waals surface area contributed by atoms with E-state index in [2.05, 4.69) is 73.2 Å². The quantitative estimate of drug-likeness (QED) is 0.832. The number of anilines is 2. The smallest absolute Gasteiger partial charge is 0.225 e. The minimum atomic E-state index is -0.0468. The molecular weight excluding hydrogens is 324 g/mol. The van der Waals surface area contributed by atoms with Gasteiger partial charge in [-0.15, -0.1) is 0 Å². The summed E-state index contributed by atoms with van der Waals surface area (Å²) in [6.45, 7) is 9.47. The first-order valence-electron chi connectivity index (χ1n) is 9.60. The van der Waals surface area contributed by atoms with Crippen molar-refractivity contribution in [1.82, 2.24) is 9.97 Å². The molecule has 2 N–H and O–H groups in total. The van der Waals surface area contributed by atoms with Gasteiger partial charge < -0.3 is 15.3 Å². The van der Waals surface area contributed by atoms with Crippen LogP contribution in [0.15, 0.2) is 30.3 Å². The van der Waals surface area contributed by atoms with Gasteiger partial charge in [0.1, 0.15) is 5.82 Å². The van der Waals surface area contributed by atoms with Crippen LogP contribution in [0.25, 0.3) is 0 Å². The highest BCUT2D eigenvalue weighted by Gasteiger charge is 2.25. The van der Waals surface area contributed by atoms with Crippen LogP contribution in [0.4, 0.5) is 11.8 Å². The second kappa shape index (κ2) is 8.04. The highest BCUT2D eigenvalue weighted by atomic mass is 16.3. The lowest BCUT2D eigenvalue weighted by molar-refractivity contribution is 0.248. The Morgan fingerprint density at radius 1 is 1.23 bits per heavy atom. The second-order valence-electron chi connectivity index (χ2n) is 7.52. The molecule has 0 unspecified atom stereocenters. The predicted octanol–water partition coefficient (Wildman–Crippen LogP) is 3.42. The fraction of sp³-hybridized carbons (Fsp3) is 0.524. The maximum atomic E-state index is 9.63. The summed E-state index contributed by atoms with van der Waals surface area (Å²) in [5, 5.41) is 12.9. The zero-order chi connectivity index (χ0) is 18.7. The number of benzene rings is 1. The van der Waals surface area contributed by atoms with Crippen LogP contribution in [0.2, 0.25) is 0 Å². The molecule has 2 atom stereocenters. The third-order valence-electron chi connectivity index (χ3n) is 5.24. The molecule has 0 radical (unpaired) electrons. The van der Waals surface area contributed by atoms with Crippen LogP contribution in [0.3, 0.4) is 0 Å². The van der Waals surface area contributed by atoms with E-state index in [4.69, 9.17) is 4.98 Å². The van der Waals surface area contributed by atoms with Crippen molar-refractivity contribution in [2.75, 3.05) is 16.8 Å². The van der Waals surface area contributed by atoms with Gasteiger partial charge in [-0.2, -0.15) is 4.98 Å². The molecule has 0 saturated carbocycles. The molecule has 26 heavy (non-hydrogen) atoms. The SMILES string of the molecule is CCc1cc(N2Cc3ccccc3C[C@@H]2C)nc(N[C@H](CO)C(C)C)n1. The van der Waals surface area contributed by atoms with Gasteiger partial charge in [0.25, 0.3) is 0 Å². The van der Waals surface area contributed by atoms with E-state index >= 15 is 0 Å². The van der Waals surface area contributed by atoms with Crippen LogP contribution >= 0.6 is 0 Å². The Morgan fingerprint density at radius 2 is 1.96 bits per heavy atom. The van der Waals surface area contributed by atoms with Crippen LogP contribution in [0.1, 0.15) is 44.5 Å². The van der Waals surface area contributed by atoms with Crippen LogP contribution in [-0.4, -0.2) is 33.8 Å². The summed E-state index contributed by atoms with van der Waals surface area (Å²) in [6.07, 6.45) is 1.88. The Balaban J connectivity index is 1.91. The van der Waals surface area contributed by atoms with E-state index in [1.54, 1.807) is 0 Å². The Morgan fingerprint density at radius 3 is 2.62 bits per heavy atom. The van der Waals surface area contributed by atoms with Crippen LogP contribution in [0.5, 0.6) is 0 Å². The molecule has 140 valence electrons. The van der Waals surface area contributed by atoms with Gasteiger partial charge >= 0.3 is 0 Å². The molecule has 0 amide bonds. The molecule has 1 aromatic carbocycles. The largest absolute Gasteiger partial charge is 0.394 e. The number of fused-ring (bicyclic) bond motifs is 1. The van der Waals surface area contributed by atoms with Crippen molar-refractivity contribution in [3.63, 3.8) is 0 Å². The van der Waals surface area contributed by atoms with E-state index < -0.39 is 0 Å². The predicted molar refractivity (Wildman–Crippen MR) is 107 cm³/mol. The molecule has 0 aliphatic carbocycles. The topological polar surface area (TPSA) is 61.3 Å². The molecule has 1 aliphatic rings. The molecule has 0 fully saturated rings. The summed E-state index contributed by atoms with van der Waals surface area (Å²) in [4.78, 5) is 11.8. The maximum Gasteiger partial charge on any atom is 0.225 e.